The highest BCUT2D eigenvalue weighted by Crippen LogP contribution is 2.24. The number of thioether (sulfide) groups is 1. The molecule has 0 amide bonds. The summed E-state index contributed by atoms with van der Waals surface area (Å²) in [4.78, 5) is 12.9. The standard InChI is InChI=1S/C16H17N5OS/c1-3-11-4-6-12(7-5-11)15-20-16(22-21-15)23-9-14-18-10(2)8-13(17)19-14/h4-8H,3,9H2,1-2H3,(H2,17,18,19). The Labute approximate surface area is 138 Å². The Kier molecular flexibility index (Phi) is 4.57. The monoisotopic (exact) mass is 327 g/mol. The molecule has 3 rings (SSSR count). The van der Waals surface area contributed by atoms with Gasteiger partial charge in [0.1, 0.15) is 11.6 Å². The second-order valence-electron chi connectivity index (χ2n) is 5.07. The van der Waals surface area contributed by atoms with Crippen molar-refractivity contribution in [3.63, 3.8) is 0 Å². The molecule has 0 saturated heterocycles. The van der Waals surface area contributed by atoms with Crippen LogP contribution in [-0.4, -0.2) is 20.1 Å². The van der Waals surface area contributed by atoms with Gasteiger partial charge in [0.2, 0.25) is 5.82 Å². The summed E-state index contributed by atoms with van der Waals surface area (Å²) >= 11 is 1.39. The van der Waals surface area contributed by atoms with Crippen LogP contribution in [0.2, 0.25) is 0 Å². The number of aryl methyl sites for hydroxylation is 2. The van der Waals surface area contributed by atoms with E-state index < -0.39 is 0 Å². The Morgan fingerprint density at radius 3 is 2.61 bits per heavy atom. The number of nitrogens with zero attached hydrogens (tertiary/aromatic N) is 4. The molecule has 6 nitrogen and oxygen atoms in total. The maximum Gasteiger partial charge on any atom is 0.286 e. The van der Waals surface area contributed by atoms with Crippen LogP contribution in [0.5, 0.6) is 0 Å². The molecular weight excluding hydrogens is 310 g/mol. The van der Waals surface area contributed by atoms with E-state index in [0.717, 1.165) is 17.7 Å². The van der Waals surface area contributed by atoms with Crippen molar-refractivity contribution in [1.82, 2.24) is 20.1 Å². The molecule has 0 aliphatic carbocycles. The van der Waals surface area contributed by atoms with Crippen LogP contribution in [0.15, 0.2) is 40.1 Å². The lowest BCUT2D eigenvalue weighted by atomic mass is 10.1. The molecule has 0 aliphatic rings. The van der Waals surface area contributed by atoms with E-state index in [4.69, 9.17) is 10.3 Å². The Balaban J connectivity index is 1.69. The molecule has 1 aromatic carbocycles. The Hall–Kier alpha value is -2.41. The lowest BCUT2D eigenvalue weighted by Gasteiger charge is -2.00. The highest BCUT2D eigenvalue weighted by molar-refractivity contribution is 7.98. The number of nitrogens with two attached hydrogens (primary N) is 1. The Bertz CT molecular complexity index is 780. The number of anilines is 1. The van der Waals surface area contributed by atoms with Gasteiger partial charge in [-0.15, -0.1) is 0 Å². The van der Waals surface area contributed by atoms with Crippen molar-refractivity contribution in [1.29, 1.82) is 0 Å². The highest BCUT2D eigenvalue weighted by atomic mass is 32.2. The van der Waals surface area contributed by atoms with Crippen molar-refractivity contribution in [2.24, 2.45) is 0 Å². The third kappa shape index (κ3) is 3.87. The highest BCUT2D eigenvalue weighted by Gasteiger charge is 2.10. The van der Waals surface area contributed by atoms with Gasteiger partial charge in [0.05, 0.1) is 5.75 Å². The number of nitrogen functional groups attached to an aromatic ring is 1. The predicted octanol–water partition coefficient (Wildman–Crippen LogP) is 3.27. The van der Waals surface area contributed by atoms with Crippen LogP contribution in [0.3, 0.4) is 0 Å². The first kappa shape index (κ1) is 15.5. The molecule has 118 valence electrons. The predicted molar refractivity (Wildman–Crippen MR) is 89.9 cm³/mol. The van der Waals surface area contributed by atoms with Gasteiger partial charge in [-0.05, 0) is 18.9 Å². The van der Waals surface area contributed by atoms with E-state index in [1.165, 1.54) is 17.3 Å². The van der Waals surface area contributed by atoms with Gasteiger partial charge < -0.3 is 10.3 Å². The third-order valence-corrected chi connectivity index (χ3v) is 4.09. The summed E-state index contributed by atoms with van der Waals surface area (Å²) < 4.78 is 5.27. The van der Waals surface area contributed by atoms with Gasteiger partial charge in [0, 0.05) is 17.3 Å². The minimum absolute atomic E-state index is 0.468. The molecule has 23 heavy (non-hydrogen) atoms. The van der Waals surface area contributed by atoms with E-state index in [1.54, 1.807) is 6.07 Å². The van der Waals surface area contributed by atoms with Crippen molar-refractivity contribution >= 4 is 17.6 Å². The molecule has 0 unspecified atom stereocenters. The zero-order chi connectivity index (χ0) is 16.2. The normalized spacial score (nSPS) is 10.9. The molecule has 7 heteroatoms. The quantitative estimate of drug-likeness (QED) is 0.719. The molecule has 0 spiro atoms. The van der Waals surface area contributed by atoms with Gasteiger partial charge in [-0.3, -0.25) is 0 Å². The SMILES string of the molecule is CCc1ccc(-c2noc(SCc3nc(C)cc(N)n3)n2)cc1. The number of hydrogen-bond donors (Lipinski definition) is 1. The van der Waals surface area contributed by atoms with Crippen molar-refractivity contribution in [2.75, 3.05) is 5.73 Å². The van der Waals surface area contributed by atoms with Crippen LogP contribution in [0.1, 0.15) is 24.0 Å². The largest absolute Gasteiger partial charge is 0.384 e. The summed E-state index contributed by atoms with van der Waals surface area (Å²) in [5.74, 6) is 2.23. The number of benzene rings is 1. The second-order valence-corrected chi connectivity index (χ2v) is 6.00. The van der Waals surface area contributed by atoms with Crippen LogP contribution in [-0.2, 0) is 12.2 Å². The first-order chi connectivity index (χ1) is 11.1. The fourth-order valence-electron chi connectivity index (χ4n) is 2.12. The van der Waals surface area contributed by atoms with Crippen LogP contribution >= 0.6 is 11.8 Å². The van der Waals surface area contributed by atoms with Gasteiger partial charge in [-0.1, -0.05) is 48.1 Å². The second kappa shape index (κ2) is 6.78. The van der Waals surface area contributed by atoms with Crippen LogP contribution in [0, 0.1) is 6.92 Å². The summed E-state index contributed by atoms with van der Waals surface area (Å²) in [7, 11) is 0. The maximum atomic E-state index is 5.72. The molecule has 0 radical (unpaired) electrons. The number of hydrogen-bond acceptors (Lipinski definition) is 7. The molecule has 2 N–H and O–H groups in total. The van der Waals surface area contributed by atoms with Gasteiger partial charge >= 0.3 is 0 Å². The third-order valence-electron chi connectivity index (χ3n) is 3.27. The molecular formula is C16H17N5OS. The van der Waals surface area contributed by atoms with Gasteiger partial charge in [-0.25, -0.2) is 9.97 Å². The van der Waals surface area contributed by atoms with Crippen molar-refractivity contribution < 1.29 is 4.52 Å². The molecule has 0 aliphatic heterocycles. The van der Waals surface area contributed by atoms with Crippen LogP contribution in [0.4, 0.5) is 5.82 Å². The lowest BCUT2D eigenvalue weighted by molar-refractivity contribution is 0.341. The first-order valence-electron chi connectivity index (χ1n) is 7.30. The maximum absolute atomic E-state index is 5.72. The van der Waals surface area contributed by atoms with E-state index in [0.29, 0.717) is 28.4 Å². The Morgan fingerprint density at radius 1 is 1.13 bits per heavy atom. The zero-order valence-electron chi connectivity index (χ0n) is 13.0. The average molecular weight is 327 g/mol. The summed E-state index contributed by atoms with van der Waals surface area (Å²) in [6, 6.07) is 9.88. The van der Waals surface area contributed by atoms with Crippen molar-refractivity contribution in [3.05, 3.63) is 47.4 Å². The van der Waals surface area contributed by atoms with E-state index in [-0.39, 0.29) is 0 Å². The molecule has 0 saturated carbocycles. The summed E-state index contributed by atoms with van der Waals surface area (Å²) in [5.41, 5.74) is 8.78. The van der Waals surface area contributed by atoms with E-state index in [2.05, 4.69) is 39.2 Å². The average Bonchev–Trinajstić information content (AvgIpc) is 3.01. The molecule has 0 bridgehead atoms. The van der Waals surface area contributed by atoms with Crippen molar-refractivity contribution in [3.8, 4) is 11.4 Å². The molecule has 0 atom stereocenters. The minimum Gasteiger partial charge on any atom is -0.384 e. The molecule has 3 aromatic rings. The van der Waals surface area contributed by atoms with Crippen LogP contribution in [0.25, 0.3) is 11.4 Å². The fourth-order valence-corrected chi connectivity index (χ4v) is 2.74. The Morgan fingerprint density at radius 2 is 1.91 bits per heavy atom. The minimum atomic E-state index is 0.468. The van der Waals surface area contributed by atoms with E-state index in [1.807, 2.05) is 19.1 Å². The molecule has 0 fully saturated rings. The van der Waals surface area contributed by atoms with Gasteiger partial charge in [0.25, 0.3) is 5.22 Å². The lowest BCUT2D eigenvalue weighted by Crippen LogP contribution is -1.99. The molecule has 2 aromatic heterocycles. The summed E-state index contributed by atoms with van der Waals surface area (Å²) in [6.45, 7) is 4.01. The van der Waals surface area contributed by atoms with E-state index in [9.17, 15) is 0 Å². The summed E-state index contributed by atoms with van der Waals surface area (Å²) in [5, 5.41) is 4.51. The smallest absolute Gasteiger partial charge is 0.286 e. The zero-order valence-corrected chi connectivity index (χ0v) is 13.8. The number of aromatic nitrogens is 4. The van der Waals surface area contributed by atoms with Gasteiger partial charge in [-0.2, -0.15) is 4.98 Å². The van der Waals surface area contributed by atoms with Crippen LogP contribution < -0.4 is 5.73 Å². The topological polar surface area (TPSA) is 90.7 Å². The first-order valence-corrected chi connectivity index (χ1v) is 8.28. The molecule has 2 heterocycles. The number of rotatable bonds is 5. The van der Waals surface area contributed by atoms with Crippen molar-refractivity contribution in [2.45, 2.75) is 31.2 Å². The van der Waals surface area contributed by atoms with E-state index >= 15 is 0 Å². The fraction of sp³-hybridized carbons (Fsp3) is 0.250. The van der Waals surface area contributed by atoms with Gasteiger partial charge in [0.15, 0.2) is 0 Å². The summed E-state index contributed by atoms with van der Waals surface area (Å²) in [6.07, 6.45) is 1.01.